The Balaban J connectivity index is 0.000000110. The summed E-state index contributed by atoms with van der Waals surface area (Å²) in [6.07, 6.45) is 20.0. The van der Waals surface area contributed by atoms with Crippen molar-refractivity contribution in [3.63, 3.8) is 0 Å². The summed E-state index contributed by atoms with van der Waals surface area (Å²) in [6.45, 7) is 24.3. The zero-order valence-corrected chi connectivity index (χ0v) is 65.5. The highest BCUT2D eigenvalue weighted by molar-refractivity contribution is 6.14. The van der Waals surface area contributed by atoms with Gasteiger partial charge in [0, 0.05) is 157 Å². The molecule has 0 saturated heterocycles. The van der Waals surface area contributed by atoms with E-state index in [1.165, 1.54) is 77.8 Å². The van der Waals surface area contributed by atoms with Crippen LogP contribution in [0.3, 0.4) is 0 Å². The summed E-state index contributed by atoms with van der Waals surface area (Å²) in [6, 6.07) is 58.7. The van der Waals surface area contributed by atoms with Crippen molar-refractivity contribution in [3.05, 3.63) is 271 Å². The van der Waals surface area contributed by atoms with Gasteiger partial charge in [0.05, 0.1) is 29.8 Å². The number of anilines is 5. The number of aryl methyl sites for hydroxylation is 6. The van der Waals surface area contributed by atoms with Crippen LogP contribution in [0.2, 0.25) is 0 Å². The predicted molar refractivity (Wildman–Crippen MR) is 460 cm³/mol. The monoisotopic (exact) mass is 1470 g/mol. The Morgan fingerprint density at radius 3 is 0.882 bits per heavy atom. The van der Waals surface area contributed by atoms with Gasteiger partial charge in [-0.1, -0.05) is 152 Å². The van der Waals surface area contributed by atoms with Crippen molar-refractivity contribution in [2.75, 3.05) is 45.6 Å². The van der Waals surface area contributed by atoms with Crippen LogP contribution in [0.1, 0.15) is 105 Å². The number of para-hydroxylation sites is 5. The van der Waals surface area contributed by atoms with Crippen LogP contribution in [0.15, 0.2) is 260 Å². The molecule has 0 amide bonds. The maximum Gasteiger partial charge on any atom is 0.159 e. The number of nitrogens with zero attached hydrogens (tertiary/aromatic N) is 10. The molecule has 5 aliphatic rings. The van der Waals surface area contributed by atoms with E-state index in [9.17, 15) is 0 Å². The van der Waals surface area contributed by atoms with Crippen molar-refractivity contribution in [2.24, 2.45) is 0 Å². The van der Waals surface area contributed by atoms with Crippen molar-refractivity contribution in [1.29, 1.82) is 0 Å². The molecule has 15 aromatic rings. The average molecular weight is 1470 g/mol. The van der Waals surface area contributed by atoms with Crippen LogP contribution in [0, 0.1) is 41.5 Å². The first-order valence-corrected chi connectivity index (χ1v) is 38.0. The van der Waals surface area contributed by atoms with E-state index in [2.05, 4.69) is 240 Å². The first-order chi connectivity index (χ1) is 55.8. The third-order valence-corrected chi connectivity index (χ3v) is 22.7. The Labute approximate surface area is 654 Å². The summed E-state index contributed by atoms with van der Waals surface area (Å²) in [7, 11) is 4.19. The number of rotatable bonds is 7. The minimum atomic E-state index is -2.43. The van der Waals surface area contributed by atoms with Crippen LogP contribution in [0.25, 0.3) is 110 Å². The lowest BCUT2D eigenvalue weighted by molar-refractivity contribution is 0.263. The second-order valence-electron chi connectivity index (χ2n) is 29.9. The van der Waals surface area contributed by atoms with E-state index >= 15 is 0 Å². The van der Waals surface area contributed by atoms with Crippen molar-refractivity contribution >= 4 is 138 Å². The third kappa shape index (κ3) is 12.4. The molecule has 0 bridgehead atoms. The zero-order valence-electron chi connectivity index (χ0n) is 72.5. The van der Waals surface area contributed by atoms with E-state index < -0.39 is 19.8 Å². The van der Waals surface area contributed by atoms with Crippen LogP contribution >= 0.6 is 0 Å². The maximum atomic E-state index is 8.42. The Bertz CT molecular complexity index is 6500. The van der Waals surface area contributed by atoms with E-state index in [1.54, 1.807) is 17.3 Å². The van der Waals surface area contributed by atoms with Gasteiger partial charge in [-0.3, -0.25) is 0 Å². The van der Waals surface area contributed by atoms with Gasteiger partial charge < -0.3 is 71.1 Å². The van der Waals surface area contributed by atoms with Crippen molar-refractivity contribution < 1.29 is 31.7 Å². The average Bonchev–Trinajstić information content (AvgIpc) is 1.61. The molecule has 560 valence electrons. The van der Waals surface area contributed by atoms with Gasteiger partial charge >= 0.3 is 0 Å². The molecule has 0 spiro atoms. The van der Waals surface area contributed by atoms with E-state index in [0.29, 0.717) is 18.4 Å². The molecule has 0 N–H and O–H groups in total. The minimum absolute atomic E-state index is 0.285. The van der Waals surface area contributed by atoms with Gasteiger partial charge in [0.25, 0.3) is 0 Å². The molecule has 15 nitrogen and oxygen atoms in total. The molecule has 0 radical (unpaired) electrons. The summed E-state index contributed by atoms with van der Waals surface area (Å²) in [4.78, 5) is 20.5. The lowest BCUT2D eigenvalue weighted by atomic mass is 10.1. The molecule has 10 aromatic carbocycles. The highest BCUT2D eigenvalue weighted by atomic mass is 16.3. The Morgan fingerprint density at radius 2 is 0.564 bits per heavy atom. The third-order valence-electron chi connectivity index (χ3n) is 22.7. The normalized spacial score (nSPS) is 19.9. The van der Waals surface area contributed by atoms with Crippen LogP contribution in [-0.2, 0) is 0 Å². The largest absolute Gasteiger partial charge is 0.454 e. The van der Waals surface area contributed by atoms with Gasteiger partial charge in [0.2, 0.25) is 0 Å². The number of fused-ring (bicyclic) bond motifs is 15. The summed E-state index contributed by atoms with van der Waals surface area (Å²) < 4.78 is 85.6. The number of benzene rings is 10. The highest BCUT2D eigenvalue weighted by Crippen LogP contribution is 2.46. The minimum Gasteiger partial charge on any atom is -0.454 e. The highest BCUT2D eigenvalue weighted by Gasteiger charge is 2.33. The first kappa shape index (κ1) is 63.9. The Kier molecular flexibility index (Phi) is 16.7. The van der Waals surface area contributed by atoms with E-state index in [4.69, 9.17) is 31.7 Å². The molecule has 15 heteroatoms. The molecule has 10 heterocycles. The fourth-order valence-corrected chi connectivity index (χ4v) is 16.3. The molecule has 0 fully saturated rings. The molecule has 5 aromatic heterocycles. The number of hydrogen-bond acceptors (Lipinski definition) is 15. The number of hydrogen-bond donors (Lipinski definition) is 0. The molecule has 20 rings (SSSR count). The molecule has 110 heavy (non-hydrogen) atoms. The molecule has 5 aliphatic heterocycles. The molecular formula is C95H100N10O5. The molecule has 6 atom stereocenters. The lowest BCUT2D eigenvalue weighted by Crippen LogP contribution is -2.39. The molecule has 0 saturated carbocycles. The van der Waals surface area contributed by atoms with Crippen LogP contribution < -0.4 is 24.5 Å². The topological polar surface area (TPSA) is 98.1 Å². The number of furan rings is 5. The van der Waals surface area contributed by atoms with Gasteiger partial charge in [0.15, 0.2) is 27.9 Å². The SMILES string of the molecule is Cc1ccc2c(oc3c(C)cccc32)c1N1C=CN(C)[C@@H]1C.Cc1ccc2c(oc3ccccc32)c1N1C=CN(C(C)C)[C@@H]1C.Cc1ccc2c(oc3ccccc32)c1N1C=CN(C)[C@@H]1C.[2H]C([2H])([2H])C([2H])(C)N1C=CN(c2c(C)ccc3c2oc2ccccc23)[C@H]1C.[2H]C([2H])([2H])N1C=CN(c2c(C)ccc3c2oc2ccccc23)[C@H]1C. The van der Waals surface area contributed by atoms with E-state index in [-0.39, 0.29) is 18.5 Å². The summed E-state index contributed by atoms with van der Waals surface area (Å²) >= 11 is 0. The predicted octanol–water partition coefficient (Wildman–Crippen LogP) is 24.2. The van der Waals surface area contributed by atoms with Crippen LogP contribution in [-0.4, -0.2) is 88.5 Å². The van der Waals surface area contributed by atoms with Gasteiger partial charge in [0.1, 0.15) is 58.7 Å². The molecule has 0 aliphatic carbocycles. The summed E-state index contributed by atoms with van der Waals surface area (Å²) in [5.41, 5.74) is 21.3. The van der Waals surface area contributed by atoms with Crippen molar-refractivity contribution in [1.82, 2.24) is 24.5 Å². The second kappa shape index (κ2) is 28.8. The summed E-state index contributed by atoms with van der Waals surface area (Å²) in [5, 5.41) is 11.3. The maximum absolute atomic E-state index is 8.42. The Morgan fingerprint density at radius 1 is 0.282 bits per heavy atom. The molecule has 1 unspecified atom stereocenters. The fourth-order valence-electron chi connectivity index (χ4n) is 16.3. The van der Waals surface area contributed by atoms with Crippen molar-refractivity contribution in [3.8, 4) is 0 Å². The van der Waals surface area contributed by atoms with Crippen LogP contribution in [0.4, 0.5) is 28.4 Å². The standard InChI is InChI=1S/2C20H22N2O.C19H20N2O.2C18H18N2O/c2*1-13(2)21-11-12-22(15(21)4)19-14(3)9-10-17-16-7-5-6-8-18(16)23-20(17)19;1-12-8-9-16-15-7-5-6-13(2)18(15)22-19(16)17(12)21-11-10-20(4)14(21)3;2*1-12-8-9-15-14-6-4-5-7-16(14)21-18(15)17(12)20-11-10-19(3)13(20)2/h2*5-13,15H,1-4H3;5-11,14H,1-4H3;2*4-11,13H,1-3H3/t2*15-;14-;2*13-/m00000/s1/i1D3,13D;;;3D3;/t13?,15-;;;m;. The second-order valence-corrected chi connectivity index (χ2v) is 29.9. The molecular weight excluding hydrogens is 1360 g/mol. The van der Waals surface area contributed by atoms with Gasteiger partial charge in [-0.2, -0.15) is 0 Å². The van der Waals surface area contributed by atoms with Gasteiger partial charge in [-0.25, -0.2) is 0 Å². The van der Waals surface area contributed by atoms with Gasteiger partial charge in [-0.15, -0.1) is 0 Å². The Hall–Kier alpha value is -12.1. The quantitative estimate of drug-likeness (QED) is 0.151. The van der Waals surface area contributed by atoms with Crippen LogP contribution in [0.5, 0.6) is 0 Å². The smallest absolute Gasteiger partial charge is 0.159 e. The van der Waals surface area contributed by atoms with E-state index in [0.717, 1.165) is 106 Å². The summed E-state index contributed by atoms with van der Waals surface area (Å²) in [5.74, 6) is 0. The zero-order chi connectivity index (χ0) is 82.7. The fraction of sp³-hybridized carbons (Fsp3) is 0.263. The van der Waals surface area contributed by atoms with Crippen molar-refractivity contribution in [2.45, 2.75) is 147 Å². The lowest BCUT2D eigenvalue weighted by Gasteiger charge is -2.33. The first-order valence-electron chi connectivity index (χ1n) is 41.5. The van der Waals surface area contributed by atoms with Gasteiger partial charge in [-0.05, 0) is 161 Å². The van der Waals surface area contributed by atoms with E-state index in [1.807, 2.05) is 129 Å².